The van der Waals surface area contributed by atoms with Crippen LogP contribution >= 0.6 is 0 Å². The second-order valence-electron chi connectivity index (χ2n) is 4.24. The Morgan fingerprint density at radius 3 is 2.72 bits per heavy atom. The molecule has 5 heteroatoms. The fraction of sp³-hybridized carbons (Fsp3) is 0.308. The van der Waals surface area contributed by atoms with Crippen LogP contribution in [0.5, 0.6) is 0 Å². The number of rotatable bonds is 1. The molecule has 0 radical (unpaired) electrons. The number of hydrogen-bond acceptors (Lipinski definition) is 5. The van der Waals surface area contributed by atoms with Gasteiger partial charge in [0.25, 0.3) is 0 Å². The van der Waals surface area contributed by atoms with Gasteiger partial charge in [0.15, 0.2) is 0 Å². The summed E-state index contributed by atoms with van der Waals surface area (Å²) >= 11 is 0. The number of fused-ring (bicyclic) bond motifs is 1. The first-order valence-electron chi connectivity index (χ1n) is 5.85. The summed E-state index contributed by atoms with van der Waals surface area (Å²) in [5, 5.41) is 0. The Labute approximate surface area is 104 Å². The molecule has 1 aliphatic heterocycles. The molecule has 92 valence electrons. The monoisotopic (exact) mass is 244 g/mol. The summed E-state index contributed by atoms with van der Waals surface area (Å²) in [4.78, 5) is 29.6. The molecule has 1 fully saturated rings. The van der Waals surface area contributed by atoms with Gasteiger partial charge < -0.3 is 9.64 Å². The molecule has 0 bridgehead atoms. The zero-order valence-corrected chi connectivity index (χ0v) is 9.76. The van der Waals surface area contributed by atoms with Gasteiger partial charge in [-0.2, -0.15) is 0 Å². The fourth-order valence-corrected chi connectivity index (χ4v) is 2.26. The molecule has 0 unspecified atom stereocenters. The maximum atomic E-state index is 11.8. The number of Topliss-reactive ketones (excluding diaryl/α,β-unsaturated/α-hetero) is 1. The van der Waals surface area contributed by atoms with E-state index in [4.69, 9.17) is 4.74 Å². The second kappa shape index (κ2) is 4.34. The van der Waals surface area contributed by atoms with Crippen molar-refractivity contribution < 1.29 is 14.3 Å². The van der Waals surface area contributed by atoms with Gasteiger partial charge in [0, 0.05) is 42.7 Å². The number of carbonyl (C=O) groups is 2. The maximum Gasteiger partial charge on any atom is 0.233 e. The molecule has 2 heterocycles. The van der Waals surface area contributed by atoms with E-state index in [0.29, 0.717) is 18.8 Å². The van der Waals surface area contributed by atoms with Gasteiger partial charge in [0.2, 0.25) is 11.6 Å². The van der Waals surface area contributed by atoms with Crippen LogP contribution in [0.2, 0.25) is 0 Å². The predicted octanol–water partition coefficient (Wildman–Crippen LogP) is 0.520. The number of carbonyl (C=O) groups excluding carboxylic acids is 2. The molecule has 5 nitrogen and oxygen atoms in total. The number of ether oxygens (including phenoxy) is 1. The Balaban J connectivity index is 2.05. The third kappa shape index (κ3) is 1.73. The molecule has 0 N–H and O–H groups in total. The van der Waals surface area contributed by atoms with E-state index in [2.05, 4.69) is 9.88 Å². The van der Waals surface area contributed by atoms with Gasteiger partial charge in [-0.05, 0) is 6.07 Å². The van der Waals surface area contributed by atoms with E-state index in [0.717, 1.165) is 24.4 Å². The number of pyridine rings is 1. The Hall–Kier alpha value is -2.01. The van der Waals surface area contributed by atoms with Gasteiger partial charge in [0.05, 0.1) is 18.9 Å². The van der Waals surface area contributed by atoms with Gasteiger partial charge in [-0.15, -0.1) is 0 Å². The topological polar surface area (TPSA) is 59.5 Å². The van der Waals surface area contributed by atoms with Crippen LogP contribution in [0.1, 0.15) is 15.9 Å². The summed E-state index contributed by atoms with van der Waals surface area (Å²) in [6.07, 6.45) is 4.59. The Bertz CT molecular complexity index is 545. The van der Waals surface area contributed by atoms with E-state index in [9.17, 15) is 9.59 Å². The van der Waals surface area contributed by atoms with E-state index >= 15 is 0 Å². The summed E-state index contributed by atoms with van der Waals surface area (Å²) in [6, 6.07) is 1.60. The quantitative estimate of drug-likeness (QED) is 0.674. The van der Waals surface area contributed by atoms with Crippen molar-refractivity contribution in [3.8, 4) is 0 Å². The lowest BCUT2D eigenvalue weighted by Crippen LogP contribution is -2.37. The Kier molecular flexibility index (Phi) is 2.68. The van der Waals surface area contributed by atoms with Crippen LogP contribution < -0.4 is 0 Å². The first-order chi connectivity index (χ1) is 8.77. The van der Waals surface area contributed by atoms with E-state index < -0.39 is 11.6 Å². The highest BCUT2D eigenvalue weighted by Gasteiger charge is 2.28. The van der Waals surface area contributed by atoms with Crippen LogP contribution in [0.15, 0.2) is 24.5 Å². The summed E-state index contributed by atoms with van der Waals surface area (Å²) in [5.74, 6) is -0.917. The van der Waals surface area contributed by atoms with Crippen molar-refractivity contribution in [2.45, 2.75) is 0 Å². The highest BCUT2D eigenvalue weighted by molar-refractivity contribution is 6.50. The normalized spacial score (nSPS) is 19.6. The Morgan fingerprint density at radius 2 is 1.94 bits per heavy atom. The van der Waals surface area contributed by atoms with E-state index in [1.54, 1.807) is 12.3 Å². The molecular weight excluding hydrogens is 232 g/mol. The summed E-state index contributed by atoms with van der Waals surface area (Å²) < 4.78 is 5.29. The van der Waals surface area contributed by atoms with Gasteiger partial charge in [-0.1, -0.05) is 0 Å². The maximum absolute atomic E-state index is 11.8. The fourth-order valence-electron chi connectivity index (χ4n) is 2.26. The largest absolute Gasteiger partial charge is 0.378 e. The second-order valence-corrected chi connectivity index (χ2v) is 4.24. The zero-order valence-electron chi connectivity index (χ0n) is 9.76. The van der Waals surface area contributed by atoms with Crippen molar-refractivity contribution in [2.75, 3.05) is 26.3 Å². The summed E-state index contributed by atoms with van der Waals surface area (Å²) in [5.41, 5.74) is 1.97. The van der Waals surface area contributed by atoms with Crippen molar-refractivity contribution in [1.29, 1.82) is 0 Å². The van der Waals surface area contributed by atoms with Crippen molar-refractivity contribution >= 4 is 17.3 Å². The van der Waals surface area contributed by atoms with E-state index in [1.807, 2.05) is 0 Å². The van der Waals surface area contributed by atoms with Crippen molar-refractivity contribution in [2.24, 2.45) is 0 Å². The highest BCUT2D eigenvalue weighted by atomic mass is 16.5. The van der Waals surface area contributed by atoms with Crippen molar-refractivity contribution in [3.63, 3.8) is 0 Å². The number of allylic oxidation sites excluding steroid dienone is 1. The van der Waals surface area contributed by atoms with E-state index in [-0.39, 0.29) is 0 Å². The molecule has 0 spiro atoms. The number of morpholine rings is 1. The molecule has 1 aliphatic carbocycles. The number of hydrogen-bond donors (Lipinski definition) is 0. The molecule has 3 rings (SSSR count). The minimum absolute atomic E-state index is 0.444. The SMILES string of the molecule is O=C1C=C(N2CCOCC2)c2cnccc2C1=O. The van der Waals surface area contributed by atoms with Crippen molar-refractivity contribution in [1.82, 2.24) is 9.88 Å². The zero-order chi connectivity index (χ0) is 12.5. The number of nitrogens with zero attached hydrogens (tertiary/aromatic N) is 2. The number of aromatic nitrogens is 1. The molecule has 0 amide bonds. The van der Waals surface area contributed by atoms with Crippen LogP contribution in [-0.4, -0.2) is 47.8 Å². The third-order valence-corrected chi connectivity index (χ3v) is 3.19. The van der Waals surface area contributed by atoms with Crippen LogP contribution in [0.4, 0.5) is 0 Å². The molecule has 0 saturated carbocycles. The summed E-state index contributed by atoms with van der Waals surface area (Å²) in [6.45, 7) is 2.72. The minimum atomic E-state index is -0.463. The van der Waals surface area contributed by atoms with Crippen LogP contribution in [0.3, 0.4) is 0 Å². The lowest BCUT2D eigenvalue weighted by atomic mass is 9.93. The van der Waals surface area contributed by atoms with Crippen molar-refractivity contribution in [3.05, 3.63) is 35.7 Å². The highest BCUT2D eigenvalue weighted by Crippen LogP contribution is 2.27. The standard InChI is InChI=1S/C13H12N2O3/c16-12-7-11(15-3-5-18-6-4-15)10-8-14-2-1-9(10)13(12)17/h1-2,7-8H,3-6H2. The van der Waals surface area contributed by atoms with Gasteiger partial charge in [-0.3, -0.25) is 14.6 Å². The molecule has 0 atom stereocenters. The first-order valence-corrected chi connectivity index (χ1v) is 5.85. The molecule has 1 aromatic rings. The van der Waals surface area contributed by atoms with E-state index in [1.165, 1.54) is 12.3 Å². The molecular formula is C13H12N2O3. The molecule has 2 aliphatic rings. The van der Waals surface area contributed by atoms with Crippen LogP contribution in [0.25, 0.3) is 5.70 Å². The molecule has 0 aromatic carbocycles. The lowest BCUT2D eigenvalue weighted by molar-refractivity contribution is -0.111. The lowest BCUT2D eigenvalue weighted by Gasteiger charge is -2.32. The van der Waals surface area contributed by atoms with Gasteiger partial charge in [0.1, 0.15) is 0 Å². The predicted molar refractivity (Wildman–Crippen MR) is 63.9 cm³/mol. The summed E-state index contributed by atoms with van der Waals surface area (Å²) in [7, 11) is 0. The number of ketones is 2. The smallest absolute Gasteiger partial charge is 0.233 e. The van der Waals surface area contributed by atoms with Gasteiger partial charge in [-0.25, -0.2) is 0 Å². The van der Waals surface area contributed by atoms with Gasteiger partial charge >= 0.3 is 0 Å². The van der Waals surface area contributed by atoms with Crippen LogP contribution in [0, 0.1) is 0 Å². The molecule has 1 saturated heterocycles. The molecule has 18 heavy (non-hydrogen) atoms. The average Bonchev–Trinajstić information content (AvgIpc) is 2.44. The third-order valence-electron chi connectivity index (χ3n) is 3.19. The average molecular weight is 244 g/mol. The molecule has 1 aromatic heterocycles. The first kappa shape index (κ1) is 11.1. The minimum Gasteiger partial charge on any atom is -0.378 e. The van der Waals surface area contributed by atoms with Crippen LogP contribution in [-0.2, 0) is 9.53 Å². The Morgan fingerprint density at radius 1 is 1.17 bits per heavy atom.